The van der Waals surface area contributed by atoms with Gasteiger partial charge < -0.3 is 10.6 Å². The van der Waals surface area contributed by atoms with Crippen molar-refractivity contribution in [1.82, 2.24) is 10.2 Å². The van der Waals surface area contributed by atoms with Crippen LogP contribution in [-0.4, -0.2) is 33.4 Å². The number of nitrogens with zero attached hydrogens (tertiary/aromatic N) is 2. The highest BCUT2D eigenvalue weighted by Gasteiger charge is 2.31. The second-order valence-corrected chi connectivity index (χ2v) is 9.45. The van der Waals surface area contributed by atoms with E-state index in [-0.39, 0.29) is 45.7 Å². The summed E-state index contributed by atoms with van der Waals surface area (Å²) in [6, 6.07) is 17.7. The molecule has 1 amide bonds. The number of carbonyl (C=O) groups excluding carboxylic acids is 3. The molecule has 2 N–H and O–H groups in total. The molecule has 0 radical (unpaired) electrons. The molecular formula is C24H15FN4O3S2. The lowest BCUT2D eigenvalue weighted by Gasteiger charge is -2.20. The summed E-state index contributed by atoms with van der Waals surface area (Å²) in [6.07, 6.45) is 0. The monoisotopic (exact) mass is 490 g/mol. The number of rotatable bonds is 6. The number of anilines is 3. The van der Waals surface area contributed by atoms with E-state index < -0.39 is 5.82 Å². The number of para-hydroxylation sites is 1. The van der Waals surface area contributed by atoms with E-state index in [9.17, 15) is 18.8 Å². The van der Waals surface area contributed by atoms with Crippen LogP contribution in [0.5, 0.6) is 0 Å². The predicted octanol–water partition coefficient (Wildman–Crippen LogP) is 4.93. The summed E-state index contributed by atoms with van der Waals surface area (Å²) in [5, 5.41) is 14.0. The van der Waals surface area contributed by atoms with Crippen molar-refractivity contribution in [2.45, 2.75) is 4.34 Å². The number of fused-ring (bicyclic) bond motifs is 2. The van der Waals surface area contributed by atoms with Crippen molar-refractivity contribution in [3.63, 3.8) is 0 Å². The number of carbonyl (C=O) groups is 3. The van der Waals surface area contributed by atoms with E-state index in [1.54, 1.807) is 60.7 Å². The number of aromatic nitrogens is 2. The van der Waals surface area contributed by atoms with E-state index in [0.717, 1.165) is 11.8 Å². The zero-order valence-electron chi connectivity index (χ0n) is 17.4. The van der Waals surface area contributed by atoms with Crippen molar-refractivity contribution < 1.29 is 18.8 Å². The maximum atomic E-state index is 13.8. The highest BCUT2D eigenvalue weighted by atomic mass is 32.2. The lowest BCUT2D eigenvalue weighted by molar-refractivity contribution is -0.113. The van der Waals surface area contributed by atoms with Crippen LogP contribution >= 0.6 is 23.1 Å². The quantitative estimate of drug-likeness (QED) is 0.326. The van der Waals surface area contributed by atoms with Gasteiger partial charge in [0, 0.05) is 16.7 Å². The van der Waals surface area contributed by atoms with E-state index in [2.05, 4.69) is 20.8 Å². The SMILES string of the molecule is O=C(CSc1nnc(Nc2ccccc2F)s1)Nc1cccc2c1C(=O)c1ccccc1C2=O. The number of hydrogen-bond acceptors (Lipinski definition) is 8. The Labute approximate surface area is 201 Å². The van der Waals surface area contributed by atoms with Gasteiger partial charge in [0.25, 0.3) is 0 Å². The summed E-state index contributed by atoms with van der Waals surface area (Å²) in [4.78, 5) is 38.5. The number of amides is 1. The van der Waals surface area contributed by atoms with Crippen molar-refractivity contribution in [1.29, 1.82) is 0 Å². The summed E-state index contributed by atoms with van der Waals surface area (Å²) >= 11 is 2.34. The van der Waals surface area contributed by atoms with Gasteiger partial charge >= 0.3 is 0 Å². The van der Waals surface area contributed by atoms with Crippen molar-refractivity contribution in [2.24, 2.45) is 0 Å². The summed E-state index contributed by atoms with van der Waals surface area (Å²) in [5.74, 6) is -1.32. The van der Waals surface area contributed by atoms with Crippen LogP contribution in [0.1, 0.15) is 31.8 Å². The molecule has 0 aliphatic heterocycles. The molecule has 4 aromatic rings. The zero-order chi connectivity index (χ0) is 23.7. The molecular weight excluding hydrogens is 475 g/mol. The van der Waals surface area contributed by atoms with Gasteiger partial charge in [-0.3, -0.25) is 14.4 Å². The average Bonchev–Trinajstić information content (AvgIpc) is 3.30. The van der Waals surface area contributed by atoms with Gasteiger partial charge in [-0.15, -0.1) is 10.2 Å². The Hall–Kier alpha value is -3.89. The largest absolute Gasteiger partial charge is 0.328 e. The van der Waals surface area contributed by atoms with Gasteiger partial charge in [-0.1, -0.05) is 71.6 Å². The average molecular weight is 491 g/mol. The van der Waals surface area contributed by atoms with Gasteiger partial charge in [-0.25, -0.2) is 4.39 Å². The second kappa shape index (κ2) is 9.16. The number of halogens is 1. The van der Waals surface area contributed by atoms with Gasteiger partial charge in [-0.05, 0) is 18.2 Å². The standard InChI is InChI=1S/C24H15FN4O3S2/c25-16-9-3-4-10-17(16)27-23-28-29-24(34-23)33-12-19(30)26-18-11-5-8-15-20(18)22(32)14-7-2-1-6-13(14)21(15)31/h1-11H,12H2,(H,26,30)(H,27,28). The topological polar surface area (TPSA) is 101 Å². The normalized spacial score (nSPS) is 12.1. The maximum absolute atomic E-state index is 13.8. The summed E-state index contributed by atoms with van der Waals surface area (Å²) in [5.41, 5.74) is 1.70. The number of thioether (sulfide) groups is 1. The summed E-state index contributed by atoms with van der Waals surface area (Å²) in [6.45, 7) is 0. The number of benzene rings is 3. The molecule has 0 bridgehead atoms. The van der Waals surface area contributed by atoms with Gasteiger partial charge in [0.15, 0.2) is 15.9 Å². The van der Waals surface area contributed by atoms with Crippen LogP contribution < -0.4 is 10.6 Å². The van der Waals surface area contributed by atoms with Crippen LogP contribution in [0.3, 0.4) is 0 Å². The molecule has 1 aliphatic rings. The number of ketones is 2. The molecule has 1 aliphatic carbocycles. The molecule has 0 saturated carbocycles. The predicted molar refractivity (Wildman–Crippen MR) is 129 cm³/mol. The Morgan fingerprint density at radius 1 is 0.853 bits per heavy atom. The molecule has 1 heterocycles. The molecule has 34 heavy (non-hydrogen) atoms. The molecule has 3 aromatic carbocycles. The first kappa shape index (κ1) is 21.9. The van der Waals surface area contributed by atoms with Crippen LogP contribution in [0, 0.1) is 5.82 Å². The minimum Gasteiger partial charge on any atom is -0.328 e. The first-order valence-corrected chi connectivity index (χ1v) is 11.9. The Bertz CT molecular complexity index is 1450. The smallest absolute Gasteiger partial charge is 0.234 e. The highest BCUT2D eigenvalue weighted by molar-refractivity contribution is 8.01. The second-order valence-electron chi connectivity index (χ2n) is 7.25. The third kappa shape index (κ3) is 4.20. The molecule has 0 unspecified atom stereocenters. The fraction of sp³-hybridized carbons (Fsp3) is 0.0417. The van der Waals surface area contributed by atoms with Gasteiger partial charge in [0.05, 0.1) is 22.7 Å². The molecule has 7 nitrogen and oxygen atoms in total. The highest BCUT2D eigenvalue weighted by Crippen LogP contribution is 2.33. The molecule has 1 aromatic heterocycles. The lowest BCUT2D eigenvalue weighted by Crippen LogP contribution is -2.24. The van der Waals surface area contributed by atoms with Crippen molar-refractivity contribution in [2.75, 3.05) is 16.4 Å². The zero-order valence-corrected chi connectivity index (χ0v) is 19.0. The van der Waals surface area contributed by atoms with Crippen LogP contribution in [0.25, 0.3) is 0 Å². The third-order valence-corrected chi connectivity index (χ3v) is 7.05. The number of nitrogens with one attached hydrogen (secondary N) is 2. The molecule has 0 spiro atoms. The van der Waals surface area contributed by atoms with E-state index in [1.165, 1.54) is 17.4 Å². The van der Waals surface area contributed by atoms with E-state index in [0.29, 0.717) is 20.6 Å². The molecule has 0 saturated heterocycles. The minimum atomic E-state index is -0.409. The molecule has 0 fully saturated rings. The fourth-order valence-corrected chi connectivity index (χ4v) is 5.12. The Kier molecular flexibility index (Phi) is 5.91. The van der Waals surface area contributed by atoms with Crippen molar-refractivity contribution in [3.05, 3.63) is 94.8 Å². The maximum Gasteiger partial charge on any atom is 0.234 e. The van der Waals surface area contributed by atoms with Crippen LogP contribution in [0.15, 0.2) is 71.1 Å². The molecule has 168 valence electrons. The van der Waals surface area contributed by atoms with Gasteiger partial charge in [0.2, 0.25) is 11.0 Å². The Morgan fingerprint density at radius 2 is 1.53 bits per heavy atom. The molecule has 5 rings (SSSR count). The van der Waals surface area contributed by atoms with Crippen LogP contribution in [-0.2, 0) is 4.79 Å². The first-order valence-electron chi connectivity index (χ1n) is 10.1. The van der Waals surface area contributed by atoms with E-state index in [1.807, 2.05) is 0 Å². The van der Waals surface area contributed by atoms with E-state index >= 15 is 0 Å². The van der Waals surface area contributed by atoms with Crippen LogP contribution in [0.4, 0.5) is 20.9 Å². The fourth-order valence-electron chi connectivity index (χ4n) is 3.56. The van der Waals surface area contributed by atoms with Gasteiger partial charge in [-0.2, -0.15) is 0 Å². The first-order chi connectivity index (χ1) is 16.5. The number of hydrogen-bond donors (Lipinski definition) is 2. The summed E-state index contributed by atoms with van der Waals surface area (Å²) in [7, 11) is 0. The Balaban J connectivity index is 1.27. The minimum absolute atomic E-state index is 0.0106. The Morgan fingerprint density at radius 3 is 2.32 bits per heavy atom. The third-order valence-electron chi connectivity index (χ3n) is 5.08. The van der Waals surface area contributed by atoms with Crippen LogP contribution in [0.2, 0.25) is 0 Å². The molecule has 10 heteroatoms. The van der Waals surface area contributed by atoms with E-state index in [4.69, 9.17) is 0 Å². The van der Waals surface area contributed by atoms with Gasteiger partial charge in [0.1, 0.15) is 5.82 Å². The van der Waals surface area contributed by atoms with Crippen molar-refractivity contribution >= 4 is 57.1 Å². The molecule has 0 atom stereocenters. The lowest BCUT2D eigenvalue weighted by atomic mass is 9.83. The summed E-state index contributed by atoms with van der Waals surface area (Å²) < 4.78 is 14.3. The van der Waals surface area contributed by atoms with Crippen molar-refractivity contribution in [3.8, 4) is 0 Å².